The minimum atomic E-state index is -1.83. The molecule has 0 radical (unpaired) electrons. The molecule has 1 unspecified atom stereocenters. The van der Waals surface area contributed by atoms with Crippen LogP contribution < -0.4 is 46.4 Å². The lowest BCUT2D eigenvalue weighted by molar-refractivity contribution is -0.137. The van der Waals surface area contributed by atoms with E-state index in [9.17, 15) is 24.8 Å². The van der Waals surface area contributed by atoms with Crippen molar-refractivity contribution in [1.29, 1.82) is 5.26 Å². The summed E-state index contributed by atoms with van der Waals surface area (Å²) in [7, 11) is 1.36. The number of aliphatic carboxylic acids is 1. The number of carbonyl (C=O) groups is 3. The van der Waals surface area contributed by atoms with Gasteiger partial charge in [0.25, 0.3) is 5.91 Å². The SMILES string of the molecule is CCc1nc(N)nc(N)c1OCCCOc1ccc(OCCOCCNC(=O)c2ccc(NC(=O)C3N[C@H](CC(C)(C)C)[C@@](C#N)(c4ccc(Cl)cc4F)[C@@H]3c3cccc(Cl)c3F)c(OC)c2)cc1CCC(=O)O. The van der Waals surface area contributed by atoms with Gasteiger partial charge in [-0.25, -0.2) is 13.8 Å². The van der Waals surface area contributed by atoms with E-state index in [0.717, 1.165) is 6.07 Å². The van der Waals surface area contributed by atoms with E-state index in [0.29, 0.717) is 41.3 Å². The van der Waals surface area contributed by atoms with Gasteiger partial charge in [-0.05, 0) is 90.4 Å². The lowest BCUT2D eigenvalue weighted by atomic mass is 9.62. The first kappa shape index (κ1) is 56.3. The average molecular weight is 1060 g/mol. The first-order valence-electron chi connectivity index (χ1n) is 23.9. The van der Waals surface area contributed by atoms with Crippen LogP contribution in [-0.2, 0) is 32.6 Å². The Hall–Kier alpha value is -6.98. The number of carbonyl (C=O) groups excluding carboxylic acids is 2. The molecule has 8 N–H and O–H groups in total. The van der Waals surface area contributed by atoms with Crippen LogP contribution in [0.4, 0.5) is 26.2 Å². The molecule has 0 spiro atoms. The van der Waals surface area contributed by atoms with Gasteiger partial charge in [-0.1, -0.05) is 69.1 Å². The monoisotopic (exact) mass is 1060 g/mol. The normalized spacial score (nSPS) is 17.3. The van der Waals surface area contributed by atoms with Crippen molar-refractivity contribution in [3.63, 3.8) is 0 Å². The van der Waals surface area contributed by atoms with E-state index >= 15 is 8.78 Å². The molecule has 4 atom stereocenters. The maximum Gasteiger partial charge on any atom is 0.303 e. The summed E-state index contributed by atoms with van der Waals surface area (Å²) in [5.74, 6) is -3.31. The molecule has 394 valence electrons. The zero-order chi connectivity index (χ0) is 53.7. The molecule has 6 rings (SSSR count). The van der Waals surface area contributed by atoms with Crippen molar-refractivity contribution in [2.24, 2.45) is 5.41 Å². The first-order valence-corrected chi connectivity index (χ1v) is 24.6. The maximum atomic E-state index is 16.2. The highest BCUT2D eigenvalue weighted by Gasteiger charge is 2.61. The Balaban J connectivity index is 1.04. The van der Waals surface area contributed by atoms with Gasteiger partial charge in [-0.3, -0.25) is 14.4 Å². The number of aryl methyl sites for hydroxylation is 2. The van der Waals surface area contributed by atoms with Gasteiger partial charge in [0.1, 0.15) is 40.9 Å². The zero-order valence-corrected chi connectivity index (χ0v) is 43.2. The number of ether oxygens (including phenoxy) is 5. The third-order valence-corrected chi connectivity index (χ3v) is 12.8. The number of halogens is 4. The van der Waals surface area contributed by atoms with Crippen molar-refractivity contribution in [2.75, 3.05) is 63.5 Å². The Labute approximate surface area is 438 Å². The lowest BCUT2D eigenvalue weighted by Crippen LogP contribution is -2.45. The molecular formula is C53H60Cl2F2N8O9. The molecule has 21 heteroatoms. The molecule has 0 aliphatic carbocycles. The molecule has 17 nitrogen and oxygen atoms in total. The number of benzene rings is 4. The molecule has 0 bridgehead atoms. The van der Waals surface area contributed by atoms with E-state index in [1.807, 2.05) is 27.7 Å². The Morgan fingerprint density at radius 1 is 0.932 bits per heavy atom. The number of rotatable bonds is 24. The zero-order valence-electron chi connectivity index (χ0n) is 41.7. The van der Waals surface area contributed by atoms with Crippen LogP contribution in [0.1, 0.15) is 85.6 Å². The molecule has 1 fully saturated rings. The molecule has 5 aromatic rings. The number of nitriles is 1. The van der Waals surface area contributed by atoms with Crippen LogP contribution in [0.15, 0.2) is 72.8 Å². The maximum absolute atomic E-state index is 16.2. The Morgan fingerprint density at radius 2 is 1.70 bits per heavy atom. The van der Waals surface area contributed by atoms with Crippen molar-refractivity contribution in [1.82, 2.24) is 20.6 Å². The fourth-order valence-electron chi connectivity index (χ4n) is 8.93. The Morgan fingerprint density at radius 3 is 2.41 bits per heavy atom. The number of nitrogens with zero attached hydrogens (tertiary/aromatic N) is 3. The van der Waals surface area contributed by atoms with Crippen LogP contribution in [0, 0.1) is 28.4 Å². The number of carboxylic acid groups (broad SMARTS) is 1. The number of nitrogens with two attached hydrogens (primary N) is 2. The number of amides is 2. The number of aromatic nitrogens is 2. The van der Waals surface area contributed by atoms with Crippen LogP contribution in [0.25, 0.3) is 0 Å². The molecule has 74 heavy (non-hydrogen) atoms. The molecular weight excluding hydrogens is 1000 g/mol. The number of nitrogens with one attached hydrogen (secondary N) is 3. The van der Waals surface area contributed by atoms with Crippen LogP contribution in [-0.4, -0.2) is 91.6 Å². The summed E-state index contributed by atoms with van der Waals surface area (Å²) in [5, 5.41) is 29.3. The summed E-state index contributed by atoms with van der Waals surface area (Å²) in [6.07, 6.45) is 1.42. The predicted octanol–water partition coefficient (Wildman–Crippen LogP) is 8.45. The molecule has 4 aromatic carbocycles. The quantitative estimate of drug-likeness (QED) is 0.0317. The summed E-state index contributed by atoms with van der Waals surface area (Å²) in [5.41, 5.74) is 10.9. The molecule has 1 aliphatic heterocycles. The van der Waals surface area contributed by atoms with E-state index in [4.69, 9.17) is 58.4 Å². The molecule has 1 aliphatic rings. The van der Waals surface area contributed by atoms with E-state index in [2.05, 4.69) is 32.0 Å². The molecule has 2 heterocycles. The molecule has 0 saturated carbocycles. The number of methoxy groups -OCH3 is 1. The van der Waals surface area contributed by atoms with Gasteiger partial charge in [-0.15, -0.1) is 0 Å². The first-order chi connectivity index (χ1) is 35.3. The standard InChI is InChI=1S/C53H60Cl2F2N8O9/c1-6-38-47(48(59)65-51(60)63-38)74-21-8-20-73-40-17-14-33(25-30(40)12-18-43(66)67)72-24-23-71-22-19-61-49(68)31-11-16-39(41(26-31)70-5)62-50(69)46-44(34-9-7-10-36(55)45(34)57)53(29-58,42(64-46)28-52(2,3)4)35-15-13-32(54)27-37(35)56/h7,9-11,13-17,25-27,42,44,46,64H,6,8,12,18-24,28H2,1-5H3,(H,61,68)(H,62,69)(H,66,67)(H4,59,60,63,65)/t42-,44-,46?,53-/m1/s1. The second-order valence-corrected chi connectivity index (χ2v) is 19.5. The fraction of sp³-hybridized carbons (Fsp3) is 0.396. The summed E-state index contributed by atoms with van der Waals surface area (Å²) in [4.78, 5) is 47.3. The third-order valence-electron chi connectivity index (χ3n) is 12.2. The van der Waals surface area contributed by atoms with Crippen LogP contribution >= 0.6 is 23.2 Å². The van der Waals surface area contributed by atoms with Crippen LogP contribution in [0.3, 0.4) is 0 Å². The average Bonchev–Trinajstić information content (AvgIpc) is 3.67. The van der Waals surface area contributed by atoms with Crippen molar-refractivity contribution in [2.45, 2.75) is 83.2 Å². The number of anilines is 3. The number of hydrogen-bond donors (Lipinski definition) is 6. The van der Waals surface area contributed by atoms with Gasteiger partial charge in [0, 0.05) is 47.5 Å². The van der Waals surface area contributed by atoms with Crippen molar-refractivity contribution >= 4 is 58.4 Å². The lowest BCUT2D eigenvalue weighted by Gasteiger charge is -2.37. The largest absolute Gasteiger partial charge is 0.495 e. The highest BCUT2D eigenvalue weighted by atomic mass is 35.5. The Kier molecular flexibility index (Phi) is 19.3. The minimum absolute atomic E-state index is 0.0592. The summed E-state index contributed by atoms with van der Waals surface area (Å²) < 4.78 is 61.2. The fourth-order valence-corrected chi connectivity index (χ4v) is 9.27. The summed E-state index contributed by atoms with van der Waals surface area (Å²) in [6.45, 7) is 8.86. The summed E-state index contributed by atoms with van der Waals surface area (Å²) in [6, 6.07) is 17.9. The number of hydrogen-bond acceptors (Lipinski definition) is 14. The van der Waals surface area contributed by atoms with Gasteiger partial charge in [0.05, 0.1) is 62.1 Å². The number of carboxylic acids is 1. The van der Waals surface area contributed by atoms with Gasteiger partial charge in [0.15, 0.2) is 11.6 Å². The minimum Gasteiger partial charge on any atom is -0.495 e. The van der Waals surface area contributed by atoms with E-state index in [1.165, 1.54) is 55.6 Å². The smallest absolute Gasteiger partial charge is 0.303 e. The highest BCUT2D eigenvalue weighted by molar-refractivity contribution is 6.31. The van der Waals surface area contributed by atoms with Crippen molar-refractivity contribution in [3.8, 4) is 29.1 Å². The number of nitrogen functional groups attached to an aromatic ring is 2. The molecule has 1 aromatic heterocycles. The van der Waals surface area contributed by atoms with Crippen molar-refractivity contribution in [3.05, 3.63) is 122 Å². The Bertz CT molecular complexity index is 2870. The van der Waals surface area contributed by atoms with Crippen LogP contribution in [0.2, 0.25) is 10.0 Å². The predicted molar refractivity (Wildman–Crippen MR) is 276 cm³/mol. The van der Waals surface area contributed by atoms with E-state index in [-0.39, 0.29) is 109 Å². The van der Waals surface area contributed by atoms with Gasteiger partial charge < -0.3 is 56.2 Å². The third kappa shape index (κ3) is 13.8. The second-order valence-electron chi connectivity index (χ2n) is 18.6. The van der Waals surface area contributed by atoms with Crippen LogP contribution in [0.5, 0.6) is 23.0 Å². The van der Waals surface area contributed by atoms with Gasteiger partial charge in [0.2, 0.25) is 11.9 Å². The van der Waals surface area contributed by atoms with Gasteiger partial charge >= 0.3 is 5.97 Å². The highest BCUT2D eigenvalue weighted by Crippen LogP contribution is 2.53. The molecule has 1 saturated heterocycles. The topological polar surface area (TPSA) is 255 Å². The van der Waals surface area contributed by atoms with Crippen molar-refractivity contribution < 1.29 is 52.0 Å². The van der Waals surface area contributed by atoms with Gasteiger partial charge in [-0.2, -0.15) is 10.2 Å². The van der Waals surface area contributed by atoms with E-state index in [1.54, 1.807) is 18.2 Å². The molecule has 2 amide bonds. The second kappa shape index (κ2) is 25.3. The summed E-state index contributed by atoms with van der Waals surface area (Å²) >= 11 is 12.4. The van der Waals surface area contributed by atoms with E-state index < -0.39 is 58.2 Å².